The van der Waals surface area contributed by atoms with Crippen LogP contribution in [0.25, 0.3) is 0 Å². The van der Waals surface area contributed by atoms with Crippen molar-refractivity contribution in [1.82, 2.24) is 5.32 Å². The first-order valence-corrected chi connectivity index (χ1v) is 7.23. The summed E-state index contributed by atoms with van der Waals surface area (Å²) in [6, 6.07) is -0.296. The molecule has 0 aromatic heterocycles. The van der Waals surface area contributed by atoms with Gasteiger partial charge in [0.15, 0.2) is 5.84 Å². The van der Waals surface area contributed by atoms with Gasteiger partial charge in [-0.3, -0.25) is 4.79 Å². The highest BCUT2D eigenvalue weighted by molar-refractivity contribution is 5.91. The second kappa shape index (κ2) is 5.39. The number of carbonyl (C=O) groups is 1. The van der Waals surface area contributed by atoms with Crippen LogP contribution in [0.1, 0.15) is 52.4 Å². The van der Waals surface area contributed by atoms with Crippen molar-refractivity contribution >= 4 is 11.7 Å². The van der Waals surface area contributed by atoms with E-state index in [0.29, 0.717) is 5.92 Å². The Bertz CT molecular complexity index is 375. The van der Waals surface area contributed by atoms with E-state index in [-0.39, 0.29) is 29.1 Å². The minimum absolute atomic E-state index is 0.0361. The van der Waals surface area contributed by atoms with Crippen LogP contribution in [0.5, 0.6) is 0 Å². The van der Waals surface area contributed by atoms with Crippen molar-refractivity contribution in [1.29, 1.82) is 0 Å². The van der Waals surface area contributed by atoms with Gasteiger partial charge in [-0.1, -0.05) is 31.8 Å². The van der Waals surface area contributed by atoms with Crippen molar-refractivity contribution < 1.29 is 10.0 Å². The van der Waals surface area contributed by atoms with Crippen LogP contribution in [-0.2, 0) is 4.79 Å². The number of amidine groups is 1. The van der Waals surface area contributed by atoms with E-state index in [4.69, 9.17) is 10.9 Å². The summed E-state index contributed by atoms with van der Waals surface area (Å²) >= 11 is 0. The maximum absolute atomic E-state index is 12.5. The van der Waals surface area contributed by atoms with E-state index in [1.165, 1.54) is 6.42 Å². The fourth-order valence-corrected chi connectivity index (χ4v) is 3.16. The maximum Gasteiger partial charge on any atom is 0.224 e. The molecule has 5 nitrogen and oxygen atoms in total. The van der Waals surface area contributed by atoms with E-state index in [9.17, 15) is 4.79 Å². The Labute approximate surface area is 114 Å². The van der Waals surface area contributed by atoms with Crippen LogP contribution in [0.3, 0.4) is 0 Å². The van der Waals surface area contributed by atoms with Crippen molar-refractivity contribution in [2.24, 2.45) is 28.1 Å². The average molecular weight is 267 g/mol. The van der Waals surface area contributed by atoms with E-state index >= 15 is 0 Å². The van der Waals surface area contributed by atoms with Crippen molar-refractivity contribution in [3.8, 4) is 0 Å². The predicted molar refractivity (Wildman–Crippen MR) is 73.8 cm³/mol. The Morgan fingerprint density at radius 1 is 1.37 bits per heavy atom. The summed E-state index contributed by atoms with van der Waals surface area (Å²) in [6.07, 6.45) is 6.40. The van der Waals surface area contributed by atoms with E-state index in [1.807, 2.05) is 0 Å². The van der Waals surface area contributed by atoms with Gasteiger partial charge >= 0.3 is 0 Å². The second-order valence-electron chi connectivity index (χ2n) is 6.64. The van der Waals surface area contributed by atoms with Gasteiger partial charge in [-0.05, 0) is 37.0 Å². The van der Waals surface area contributed by atoms with Gasteiger partial charge in [0.2, 0.25) is 5.91 Å². The molecule has 2 saturated carbocycles. The molecule has 5 heteroatoms. The van der Waals surface area contributed by atoms with Crippen LogP contribution in [0.2, 0.25) is 0 Å². The number of nitrogens with two attached hydrogens (primary N) is 1. The van der Waals surface area contributed by atoms with Crippen LogP contribution >= 0.6 is 0 Å². The fraction of sp³-hybridized carbons (Fsp3) is 0.857. The van der Waals surface area contributed by atoms with Crippen LogP contribution < -0.4 is 11.1 Å². The molecular formula is C14H25N3O2. The number of nitrogens with one attached hydrogen (secondary N) is 1. The van der Waals surface area contributed by atoms with Crippen LogP contribution in [0.15, 0.2) is 5.16 Å². The third-order valence-electron chi connectivity index (χ3n) is 4.65. The summed E-state index contributed by atoms with van der Waals surface area (Å²) in [5, 5.41) is 14.9. The molecule has 0 aromatic rings. The quantitative estimate of drug-likeness (QED) is 0.314. The molecule has 0 saturated heterocycles. The zero-order valence-corrected chi connectivity index (χ0v) is 11.9. The molecule has 2 fully saturated rings. The maximum atomic E-state index is 12.5. The second-order valence-corrected chi connectivity index (χ2v) is 6.64. The normalized spacial score (nSPS) is 28.7. The zero-order valence-electron chi connectivity index (χ0n) is 11.9. The molecule has 2 aliphatic carbocycles. The lowest BCUT2D eigenvalue weighted by atomic mass is 9.68. The molecule has 2 unspecified atom stereocenters. The van der Waals surface area contributed by atoms with Crippen molar-refractivity contribution in [2.45, 2.75) is 58.4 Å². The number of nitrogens with zero attached hydrogens (tertiary/aromatic N) is 1. The monoisotopic (exact) mass is 267 g/mol. The average Bonchev–Trinajstić information content (AvgIpc) is 3.18. The summed E-state index contributed by atoms with van der Waals surface area (Å²) in [4.78, 5) is 12.5. The first-order valence-electron chi connectivity index (χ1n) is 7.23. The Kier molecular flexibility index (Phi) is 4.02. The number of hydrogen-bond donors (Lipinski definition) is 3. The third-order valence-corrected chi connectivity index (χ3v) is 4.65. The molecule has 0 heterocycles. The lowest BCUT2D eigenvalue weighted by Gasteiger charge is -2.38. The van der Waals surface area contributed by atoms with E-state index in [2.05, 4.69) is 24.3 Å². The summed E-state index contributed by atoms with van der Waals surface area (Å²) < 4.78 is 0. The van der Waals surface area contributed by atoms with Gasteiger partial charge in [0.1, 0.15) is 0 Å². The summed E-state index contributed by atoms with van der Waals surface area (Å²) in [5.41, 5.74) is 5.73. The van der Waals surface area contributed by atoms with Gasteiger partial charge in [0, 0.05) is 5.92 Å². The molecular weight excluding hydrogens is 242 g/mol. The van der Waals surface area contributed by atoms with Gasteiger partial charge in [-0.15, -0.1) is 0 Å². The molecule has 1 amide bonds. The smallest absolute Gasteiger partial charge is 0.224 e. The van der Waals surface area contributed by atoms with Gasteiger partial charge in [-0.25, -0.2) is 0 Å². The van der Waals surface area contributed by atoms with Gasteiger partial charge in [-0.2, -0.15) is 0 Å². The molecule has 0 spiro atoms. The zero-order chi connectivity index (χ0) is 14.0. The molecule has 2 aliphatic rings. The number of hydrogen-bond acceptors (Lipinski definition) is 3. The van der Waals surface area contributed by atoms with E-state index in [0.717, 1.165) is 32.1 Å². The fourth-order valence-electron chi connectivity index (χ4n) is 3.16. The number of carbonyl (C=O) groups excluding carboxylic acids is 1. The minimum Gasteiger partial charge on any atom is -0.409 e. The molecule has 2 atom stereocenters. The highest BCUT2D eigenvalue weighted by Gasteiger charge is 2.41. The molecule has 0 aromatic carbocycles. The molecule has 0 aliphatic heterocycles. The minimum atomic E-state index is -0.296. The highest BCUT2D eigenvalue weighted by atomic mass is 16.4. The third kappa shape index (κ3) is 3.19. The first-order chi connectivity index (χ1) is 8.95. The molecule has 0 radical (unpaired) electrons. The molecule has 4 N–H and O–H groups in total. The standard InChI is InChI=1S/C14H25N3O2/c1-14(2)8-4-3-5-10(14)13(18)16-11(9-6-7-9)12(15)17-19/h9-11,19H,3-8H2,1-2H3,(H2,15,17)(H,16,18). The summed E-state index contributed by atoms with van der Waals surface area (Å²) in [5.74, 6) is 0.568. The van der Waals surface area contributed by atoms with Crippen LogP contribution in [0, 0.1) is 17.3 Å². The lowest BCUT2D eigenvalue weighted by Crippen LogP contribution is -2.50. The van der Waals surface area contributed by atoms with Gasteiger partial charge in [0.05, 0.1) is 6.04 Å². The van der Waals surface area contributed by atoms with E-state index < -0.39 is 0 Å². The van der Waals surface area contributed by atoms with Crippen molar-refractivity contribution in [3.63, 3.8) is 0 Å². The van der Waals surface area contributed by atoms with Gasteiger partial charge < -0.3 is 16.3 Å². The SMILES string of the molecule is CC1(C)CCCCC1C(=O)NC(C(N)=NO)C1CC1. The van der Waals surface area contributed by atoms with Crippen molar-refractivity contribution in [2.75, 3.05) is 0 Å². The first kappa shape index (κ1) is 14.2. The van der Waals surface area contributed by atoms with Crippen molar-refractivity contribution in [3.05, 3.63) is 0 Å². The molecule has 2 rings (SSSR count). The molecule has 19 heavy (non-hydrogen) atoms. The predicted octanol–water partition coefficient (Wildman–Crippen LogP) is 1.84. The highest BCUT2D eigenvalue weighted by Crippen LogP contribution is 2.41. The van der Waals surface area contributed by atoms with Crippen LogP contribution in [0.4, 0.5) is 0 Å². The summed E-state index contributed by atoms with van der Waals surface area (Å²) in [7, 11) is 0. The molecule has 108 valence electrons. The number of rotatable bonds is 4. The van der Waals surface area contributed by atoms with Crippen LogP contribution in [-0.4, -0.2) is 23.0 Å². The Morgan fingerprint density at radius 3 is 2.58 bits per heavy atom. The van der Waals surface area contributed by atoms with Gasteiger partial charge in [0.25, 0.3) is 0 Å². The Morgan fingerprint density at radius 2 is 2.05 bits per heavy atom. The Balaban J connectivity index is 2.02. The lowest BCUT2D eigenvalue weighted by molar-refractivity contribution is -0.130. The number of amides is 1. The molecule has 0 bridgehead atoms. The number of oxime groups is 1. The Hall–Kier alpha value is -1.26. The van der Waals surface area contributed by atoms with E-state index in [1.54, 1.807) is 0 Å². The topological polar surface area (TPSA) is 87.7 Å². The summed E-state index contributed by atoms with van der Waals surface area (Å²) in [6.45, 7) is 4.32. The largest absolute Gasteiger partial charge is 0.409 e.